The zero-order valence-electron chi connectivity index (χ0n) is 11.2. The average molecular weight is 278 g/mol. The molecule has 1 N–H and O–H groups in total. The van der Waals surface area contributed by atoms with Gasteiger partial charge >= 0.3 is 5.97 Å². The molecule has 4 nitrogen and oxygen atoms in total. The maximum atomic E-state index is 10.4. The van der Waals surface area contributed by atoms with E-state index in [4.69, 9.17) is 5.11 Å². The van der Waals surface area contributed by atoms with Gasteiger partial charge in [0.05, 0.1) is 0 Å². The molecule has 0 bridgehead atoms. The van der Waals surface area contributed by atoms with Crippen molar-refractivity contribution in [3.63, 3.8) is 0 Å². The monoisotopic (exact) mass is 278 g/mol. The summed E-state index contributed by atoms with van der Waals surface area (Å²) in [7, 11) is 0. The van der Waals surface area contributed by atoms with Crippen LogP contribution in [0.2, 0.25) is 0 Å². The normalized spacial score (nSPS) is 18.7. The quantitative estimate of drug-likeness (QED) is 0.861. The standard InChI is InChI=1S/C14H18N2O2S/c1-14(2)10-16(7-8-19-14)12-5-3-11(9-15-12)4-6-13(17)18/h3-6,9H,7-8,10H2,1-2H3,(H,17,18)/b6-4+. The van der Waals surface area contributed by atoms with Gasteiger partial charge < -0.3 is 10.0 Å². The predicted molar refractivity (Wildman–Crippen MR) is 79.7 cm³/mol. The van der Waals surface area contributed by atoms with Gasteiger partial charge in [-0.15, -0.1) is 0 Å². The van der Waals surface area contributed by atoms with E-state index in [2.05, 4.69) is 23.7 Å². The summed E-state index contributed by atoms with van der Waals surface area (Å²) in [6.07, 6.45) is 4.38. The highest BCUT2D eigenvalue weighted by atomic mass is 32.2. The van der Waals surface area contributed by atoms with Crippen LogP contribution >= 0.6 is 11.8 Å². The lowest BCUT2D eigenvalue weighted by atomic mass is 10.2. The van der Waals surface area contributed by atoms with Crippen molar-refractivity contribution in [3.8, 4) is 0 Å². The van der Waals surface area contributed by atoms with E-state index in [1.807, 2.05) is 23.9 Å². The van der Waals surface area contributed by atoms with E-state index in [0.29, 0.717) is 0 Å². The van der Waals surface area contributed by atoms with E-state index in [0.717, 1.165) is 36.3 Å². The number of carboxylic acid groups (broad SMARTS) is 1. The number of anilines is 1. The molecule has 1 saturated heterocycles. The SMILES string of the molecule is CC1(C)CN(c2ccc(/C=C/C(=O)O)cn2)CCS1. The summed E-state index contributed by atoms with van der Waals surface area (Å²) in [5, 5.41) is 8.57. The molecule has 1 aromatic rings. The molecule has 5 heteroatoms. The highest BCUT2D eigenvalue weighted by Crippen LogP contribution is 2.31. The first-order valence-corrected chi connectivity index (χ1v) is 7.21. The molecule has 0 unspecified atom stereocenters. The van der Waals surface area contributed by atoms with Crippen LogP contribution in [0.15, 0.2) is 24.4 Å². The summed E-state index contributed by atoms with van der Waals surface area (Å²) in [5.74, 6) is 1.12. The Labute approximate surface area is 117 Å². The maximum Gasteiger partial charge on any atom is 0.328 e. The number of hydrogen-bond acceptors (Lipinski definition) is 4. The van der Waals surface area contributed by atoms with Crippen LogP contribution in [0.25, 0.3) is 6.08 Å². The van der Waals surface area contributed by atoms with Crippen LogP contribution in [-0.4, -0.2) is 39.6 Å². The number of rotatable bonds is 3. The summed E-state index contributed by atoms with van der Waals surface area (Å²) in [6, 6.07) is 3.85. The Balaban J connectivity index is 2.08. The van der Waals surface area contributed by atoms with Crippen molar-refractivity contribution in [2.75, 3.05) is 23.7 Å². The highest BCUT2D eigenvalue weighted by Gasteiger charge is 2.27. The second-order valence-corrected chi connectivity index (χ2v) is 6.95. The number of aromatic nitrogens is 1. The van der Waals surface area contributed by atoms with Crippen molar-refractivity contribution in [2.24, 2.45) is 0 Å². The fraction of sp³-hybridized carbons (Fsp3) is 0.429. The van der Waals surface area contributed by atoms with Crippen LogP contribution in [0.1, 0.15) is 19.4 Å². The molecule has 0 radical (unpaired) electrons. The first-order chi connectivity index (χ1) is 8.96. The lowest BCUT2D eigenvalue weighted by Crippen LogP contribution is -2.43. The van der Waals surface area contributed by atoms with Crippen molar-refractivity contribution in [1.29, 1.82) is 0 Å². The molecule has 1 aliphatic heterocycles. The average Bonchev–Trinajstić information content (AvgIpc) is 2.36. The third-order valence-corrected chi connectivity index (χ3v) is 4.24. The van der Waals surface area contributed by atoms with Gasteiger partial charge in [0.1, 0.15) is 5.82 Å². The lowest BCUT2D eigenvalue weighted by molar-refractivity contribution is -0.131. The molecule has 0 spiro atoms. The third-order valence-electron chi connectivity index (χ3n) is 2.94. The van der Waals surface area contributed by atoms with E-state index in [1.165, 1.54) is 0 Å². The van der Waals surface area contributed by atoms with Crippen LogP contribution in [0.4, 0.5) is 5.82 Å². The lowest BCUT2D eigenvalue weighted by Gasteiger charge is -2.38. The van der Waals surface area contributed by atoms with Gasteiger partial charge in [-0.05, 0) is 37.6 Å². The number of pyridine rings is 1. The summed E-state index contributed by atoms with van der Waals surface area (Å²) in [4.78, 5) is 17.1. The molecule has 0 atom stereocenters. The van der Waals surface area contributed by atoms with Gasteiger partial charge in [0.15, 0.2) is 0 Å². The van der Waals surface area contributed by atoms with Crippen LogP contribution < -0.4 is 4.90 Å². The van der Waals surface area contributed by atoms with Crippen molar-refractivity contribution in [1.82, 2.24) is 4.98 Å². The van der Waals surface area contributed by atoms with Gasteiger partial charge in [0.25, 0.3) is 0 Å². The predicted octanol–water partition coefficient (Wildman–Crippen LogP) is 2.51. The Morgan fingerprint density at radius 2 is 2.32 bits per heavy atom. The van der Waals surface area contributed by atoms with Crippen molar-refractivity contribution >= 4 is 29.6 Å². The van der Waals surface area contributed by atoms with Gasteiger partial charge in [-0.1, -0.05) is 0 Å². The largest absolute Gasteiger partial charge is 0.478 e. The summed E-state index contributed by atoms with van der Waals surface area (Å²) >= 11 is 1.99. The van der Waals surface area contributed by atoms with E-state index in [9.17, 15) is 4.79 Å². The number of hydrogen-bond donors (Lipinski definition) is 1. The molecule has 0 aliphatic carbocycles. The number of carbonyl (C=O) groups is 1. The van der Waals surface area contributed by atoms with Crippen LogP contribution in [0, 0.1) is 0 Å². The molecule has 2 heterocycles. The number of thioether (sulfide) groups is 1. The topological polar surface area (TPSA) is 53.4 Å². The Kier molecular flexibility index (Phi) is 4.14. The molecule has 1 aliphatic rings. The maximum absolute atomic E-state index is 10.4. The minimum absolute atomic E-state index is 0.252. The summed E-state index contributed by atoms with van der Waals surface area (Å²) < 4.78 is 0.252. The molecule has 19 heavy (non-hydrogen) atoms. The molecular formula is C14H18N2O2S. The number of nitrogens with zero attached hydrogens (tertiary/aromatic N) is 2. The Morgan fingerprint density at radius 1 is 1.53 bits per heavy atom. The Bertz CT molecular complexity index is 483. The smallest absolute Gasteiger partial charge is 0.328 e. The first kappa shape index (κ1) is 13.9. The fourth-order valence-electron chi connectivity index (χ4n) is 2.06. The second kappa shape index (κ2) is 5.65. The van der Waals surface area contributed by atoms with Crippen molar-refractivity contribution in [2.45, 2.75) is 18.6 Å². The number of aliphatic carboxylic acids is 1. The van der Waals surface area contributed by atoms with Gasteiger partial charge in [-0.25, -0.2) is 9.78 Å². The van der Waals surface area contributed by atoms with Gasteiger partial charge in [-0.3, -0.25) is 0 Å². The van der Waals surface area contributed by atoms with Crippen molar-refractivity contribution < 1.29 is 9.90 Å². The Morgan fingerprint density at radius 3 is 2.89 bits per heavy atom. The molecule has 0 saturated carbocycles. The van der Waals surface area contributed by atoms with Gasteiger partial charge in [0.2, 0.25) is 0 Å². The van der Waals surface area contributed by atoms with E-state index < -0.39 is 5.97 Å². The molecule has 0 aromatic carbocycles. The molecule has 0 amide bonds. The third kappa shape index (κ3) is 3.99. The summed E-state index contributed by atoms with van der Waals surface area (Å²) in [6.45, 7) is 6.47. The number of carboxylic acids is 1. The molecule has 1 fully saturated rings. The second-order valence-electron chi connectivity index (χ2n) is 5.15. The minimum atomic E-state index is -0.945. The van der Waals surface area contributed by atoms with E-state index in [-0.39, 0.29) is 4.75 Å². The summed E-state index contributed by atoms with van der Waals surface area (Å²) in [5.41, 5.74) is 0.803. The molecule has 2 rings (SSSR count). The highest BCUT2D eigenvalue weighted by molar-refractivity contribution is 8.00. The minimum Gasteiger partial charge on any atom is -0.478 e. The molecule has 1 aromatic heterocycles. The van der Waals surface area contributed by atoms with Gasteiger partial charge in [-0.2, -0.15) is 11.8 Å². The Hall–Kier alpha value is -1.49. The molecular weight excluding hydrogens is 260 g/mol. The first-order valence-electron chi connectivity index (χ1n) is 6.22. The zero-order chi connectivity index (χ0) is 13.9. The van der Waals surface area contributed by atoms with Gasteiger partial charge in [0, 0.05) is 35.9 Å². The molecule has 102 valence electrons. The zero-order valence-corrected chi connectivity index (χ0v) is 12.0. The van der Waals surface area contributed by atoms with Crippen molar-refractivity contribution in [3.05, 3.63) is 30.0 Å². The van der Waals surface area contributed by atoms with Crippen LogP contribution in [0.3, 0.4) is 0 Å². The van der Waals surface area contributed by atoms with Crippen LogP contribution in [0.5, 0.6) is 0 Å². The van der Waals surface area contributed by atoms with E-state index >= 15 is 0 Å². The van der Waals surface area contributed by atoms with E-state index in [1.54, 1.807) is 12.3 Å². The van der Waals surface area contributed by atoms with Crippen LogP contribution in [-0.2, 0) is 4.79 Å². The fourth-order valence-corrected chi connectivity index (χ4v) is 3.17.